The van der Waals surface area contributed by atoms with E-state index in [0.29, 0.717) is 19.1 Å². The summed E-state index contributed by atoms with van der Waals surface area (Å²) >= 11 is 0. The summed E-state index contributed by atoms with van der Waals surface area (Å²) < 4.78 is 11.4. The number of hydrogen-bond donors (Lipinski definition) is 1. The van der Waals surface area contributed by atoms with E-state index in [1.165, 1.54) is 5.39 Å². The maximum absolute atomic E-state index is 5.97. The second-order valence-electron chi connectivity index (χ2n) is 6.41. The average Bonchev–Trinajstić information content (AvgIpc) is 3.14. The van der Waals surface area contributed by atoms with Gasteiger partial charge in [0.2, 0.25) is 0 Å². The minimum Gasteiger partial charge on any atom is -0.491 e. The smallest absolute Gasteiger partial charge is 0.193 e. The second kappa shape index (κ2) is 10.6. The molecule has 0 spiro atoms. The summed E-state index contributed by atoms with van der Waals surface area (Å²) in [6, 6.07) is 14.4. The average molecular weight is 469 g/mol. The fraction of sp³-hybridized carbons (Fsp3) is 0.450. The molecular formula is C20H28IN3O2. The highest BCUT2D eigenvalue weighted by molar-refractivity contribution is 14.0. The molecule has 0 radical (unpaired) electrons. The van der Waals surface area contributed by atoms with Crippen molar-refractivity contribution in [2.75, 3.05) is 47.0 Å². The number of halogens is 1. The highest BCUT2D eigenvalue weighted by atomic mass is 127. The van der Waals surface area contributed by atoms with E-state index in [1.54, 1.807) is 0 Å². The fourth-order valence-electron chi connectivity index (χ4n) is 3.23. The Balaban J connectivity index is 0.00000243. The van der Waals surface area contributed by atoms with Crippen molar-refractivity contribution < 1.29 is 9.47 Å². The van der Waals surface area contributed by atoms with E-state index in [9.17, 15) is 0 Å². The molecule has 1 aliphatic rings. The van der Waals surface area contributed by atoms with Crippen molar-refractivity contribution in [3.8, 4) is 5.75 Å². The van der Waals surface area contributed by atoms with E-state index in [2.05, 4.69) is 40.5 Å². The molecule has 1 unspecified atom stereocenters. The van der Waals surface area contributed by atoms with Gasteiger partial charge in [-0.25, -0.2) is 0 Å². The summed E-state index contributed by atoms with van der Waals surface area (Å²) in [5.41, 5.74) is 0. The number of hydrogen-bond acceptors (Lipinski definition) is 3. The lowest BCUT2D eigenvalue weighted by molar-refractivity contribution is 0.181. The van der Waals surface area contributed by atoms with E-state index >= 15 is 0 Å². The number of benzene rings is 2. The van der Waals surface area contributed by atoms with Crippen LogP contribution < -0.4 is 10.1 Å². The Hall–Kier alpha value is -1.54. The number of ether oxygens (including phenoxy) is 2. The van der Waals surface area contributed by atoms with Crippen LogP contribution in [-0.4, -0.2) is 57.9 Å². The van der Waals surface area contributed by atoms with Gasteiger partial charge in [0.25, 0.3) is 0 Å². The fourth-order valence-corrected chi connectivity index (χ4v) is 3.23. The van der Waals surface area contributed by atoms with Crippen molar-refractivity contribution in [2.24, 2.45) is 10.9 Å². The predicted molar refractivity (Wildman–Crippen MR) is 118 cm³/mol. The van der Waals surface area contributed by atoms with Gasteiger partial charge in [-0.05, 0) is 17.9 Å². The lowest BCUT2D eigenvalue weighted by Gasteiger charge is -2.24. The Labute approximate surface area is 172 Å². The van der Waals surface area contributed by atoms with Crippen LogP contribution in [0.5, 0.6) is 5.75 Å². The first-order chi connectivity index (χ1) is 12.3. The van der Waals surface area contributed by atoms with Crippen molar-refractivity contribution in [3.05, 3.63) is 42.5 Å². The van der Waals surface area contributed by atoms with Crippen LogP contribution in [0.3, 0.4) is 0 Å². The van der Waals surface area contributed by atoms with Gasteiger partial charge in [-0.1, -0.05) is 36.4 Å². The monoisotopic (exact) mass is 469 g/mol. The van der Waals surface area contributed by atoms with Crippen LogP contribution in [0.1, 0.15) is 6.42 Å². The second-order valence-corrected chi connectivity index (χ2v) is 6.41. The first kappa shape index (κ1) is 20.8. The van der Waals surface area contributed by atoms with Crippen molar-refractivity contribution in [1.29, 1.82) is 0 Å². The molecule has 1 heterocycles. The van der Waals surface area contributed by atoms with Gasteiger partial charge in [-0.3, -0.25) is 4.99 Å². The van der Waals surface area contributed by atoms with E-state index in [0.717, 1.165) is 43.3 Å². The van der Waals surface area contributed by atoms with Crippen LogP contribution in [0.2, 0.25) is 0 Å². The van der Waals surface area contributed by atoms with Crippen LogP contribution in [-0.2, 0) is 4.74 Å². The molecule has 0 saturated carbocycles. The third kappa shape index (κ3) is 5.48. The van der Waals surface area contributed by atoms with Gasteiger partial charge in [-0.15, -0.1) is 24.0 Å². The van der Waals surface area contributed by atoms with Crippen LogP contribution in [0.15, 0.2) is 47.5 Å². The molecule has 1 fully saturated rings. The number of nitrogens with zero attached hydrogens (tertiary/aromatic N) is 2. The third-order valence-corrected chi connectivity index (χ3v) is 4.52. The van der Waals surface area contributed by atoms with Crippen molar-refractivity contribution in [2.45, 2.75) is 6.42 Å². The quantitative estimate of drug-likeness (QED) is 0.305. The number of rotatable bonds is 6. The van der Waals surface area contributed by atoms with E-state index in [1.807, 2.05) is 31.3 Å². The summed E-state index contributed by atoms with van der Waals surface area (Å²) in [5.74, 6) is 2.41. The zero-order valence-electron chi connectivity index (χ0n) is 15.5. The lowest BCUT2D eigenvalue weighted by atomic mass is 10.1. The maximum Gasteiger partial charge on any atom is 0.193 e. The molecule has 3 rings (SSSR count). The Bertz CT molecular complexity index is 712. The Morgan fingerprint density at radius 1 is 1.27 bits per heavy atom. The Kier molecular flexibility index (Phi) is 8.44. The molecule has 0 aliphatic carbocycles. The number of fused-ring (bicyclic) bond motifs is 1. The van der Waals surface area contributed by atoms with Gasteiger partial charge in [0.15, 0.2) is 5.96 Å². The van der Waals surface area contributed by atoms with Crippen LogP contribution in [0.4, 0.5) is 0 Å². The molecule has 2 aromatic rings. The minimum atomic E-state index is 0. The summed E-state index contributed by atoms with van der Waals surface area (Å²) in [5, 5.41) is 5.71. The summed E-state index contributed by atoms with van der Waals surface area (Å²) in [4.78, 5) is 6.52. The summed E-state index contributed by atoms with van der Waals surface area (Å²) in [6.45, 7) is 3.99. The molecule has 5 nitrogen and oxygen atoms in total. The SMILES string of the molecule is CN=C(NCCOc1cccc2ccccc12)N(C)CC1CCOC1.I. The van der Waals surface area contributed by atoms with Gasteiger partial charge in [0.05, 0.1) is 13.2 Å². The molecule has 2 aromatic carbocycles. The summed E-state index contributed by atoms with van der Waals surface area (Å²) in [7, 11) is 3.88. The van der Waals surface area contributed by atoms with E-state index in [-0.39, 0.29) is 24.0 Å². The highest BCUT2D eigenvalue weighted by Gasteiger charge is 2.18. The first-order valence-electron chi connectivity index (χ1n) is 8.88. The lowest BCUT2D eigenvalue weighted by Crippen LogP contribution is -2.42. The van der Waals surface area contributed by atoms with E-state index in [4.69, 9.17) is 9.47 Å². The first-order valence-corrected chi connectivity index (χ1v) is 8.88. The molecule has 1 saturated heterocycles. The normalized spacial score (nSPS) is 17.0. The highest BCUT2D eigenvalue weighted by Crippen LogP contribution is 2.24. The molecule has 0 aromatic heterocycles. The minimum absolute atomic E-state index is 0. The third-order valence-electron chi connectivity index (χ3n) is 4.52. The Morgan fingerprint density at radius 2 is 2.08 bits per heavy atom. The van der Waals surface area contributed by atoms with Crippen molar-refractivity contribution >= 4 is 40.7 Å². The Morgan fingerprint density at radius 3 is 2.85 bits per heavy atom. The zero-order valence-corrected chi connectivity index (χ0v) is 17.8. The molecule has 1 atom stereocenters. The topological polar surface area (TPSA) is 46.1 Å². The van der Waals surface area contributed by atoms with Gasteiger partial charge in [0, 0.05) is 38.6 Å². The van der Waals surface area contributed by atoms with Gasteiger partial charge < -0.3 is 19.7 Å². The van der Waals surface area contributed by atoms with Gasteiger partial charge in [0.1, 0.15) is 12.4 Å². The summed E-state index contributed by atoms with van der Waals surface area (Å²) in [6.07, 6.45) is 1.13. The molecule has 142 valence electrons. The molecule has 6 heteroatoms. The van der Waals surface area contributed by atoms with Crippen LogP contribution >= 0.6 is 24.0 Å². The van der Waals surface area contributed by atoms with Crippen LogP contribution in [0, 0.1) is 5.92 Å². The molecule has 0 amide bonds. The molecule has 1 aliphatic heterocycles. The molecule has 26 heavy (non-hydrogen) atoms. The van der Waals surface area contributed by atoms with E-state index < -0.39 is 0 Å². The maximum atomic E-state index is 5.97. The van der Waals surface area contributed by atoms with Gasteiger partial charge >= 0.3 is 0 Å². The number of guanidine groups is 1. The number of aliphatic imine (C=N–C) groups is 1. The molecule has 1 N–H and O–H groups in total. The van der Waals surface area contributed by atoms with Crippen LogP contribution in [0.25, 0.3) is 10.8 Å². The zero-order chi connectivity index (χ0) is 17.5. The molecule has 0 bridgehead atoms. The largest absolute Gasteiger partial charge is 0.491 e. The molecular weight excluding hydrogens is 441 g/mol. The number of nitrogens with one attached hydrogen (secondary N) is 1. The van der Waals surface area contributed by atoms with Crippen molar-refractivity contribution in [3.63, 3.8) is 0 Å². The standard InChI is InChI=1S/C20H27N3O2.HI/c1-21-20(23(2)14-16-10-12-24-15-16)22-11-13-25-19-9-5-7-17-6-3-4-8-18(17)19;/h3-9,16H,10-15H2,1-2H3,(H,21,22);1H. The van der Waals surface area contributed by atoms with Gasteiger partial charge in [-0.2, -0.15) is 0 Å². The van der Waals surface area contributed by atoms with Crippen molar-refractivity contribution in [1.82, 2.24) is 10.2 Å². The predicted octanol–water partition coefficient (Wildman–Crippen LogP) is 3.38.